The van der Waals surface area contributed by atoms with Crippen LogP contribution in [0, 0.1) is 18.8 Å². The van der Waals surface area contributed by atoms with Crippen LogP contribution in [-0.4, -0.2) is 30.3 Å². The summed E-state index contributed by atoms with van der Waals surface area (Å²) in [5.41, 5.74) is 2.54. The van der Waals surface area contributed by atoms with Crippen LogP contribution in [0.4, 0.5) is 5.69 Å². The van der Waals surface area contributed by atoms with E-state index >= 15 is 0 Å². The third-order valence-electron chi connectivity index (χ3n) is 3.36. The molecule has 1 aromatic carbocycles. The van der Waals surface area contributed by atoms with Crippen molar-refractivity contribution in [3.05, 3.63) is 29.3 Å². The lowest BCUT2D eigenvalue weighted by atomic mass is 10.1. The van der Waals surface area contributed by atoms with Gasteiger partial charge in [-0.2, -0.15) is 0 Å². The van der Waals surface area contributed by atoms with Crippen LogP contribution in [0.1, 0.15) is 36.8 Å². The van der Waals surface area contributed by atoms with Crippen LogP contribution < -0.4 is 5.32 Å². The van der Waals surface area contributed by atoms with E-state index in [4.69, 9.17) is 9.84 Å². The number of carbonyl (C=O) groups excluding carboxylic acids is 1. The molecule has 0 saturated carbocycles. The van der Waals surface area contributed by atoms with Gasteiger partial charge in [-0.3, -0.25) is 4.79 Å². The van der Waals surface area contributed by atoms with Crippen LogP contribution in [-0.2, 0) is 9.53 Å². The van der Waals surface area contributed by atoms with E-state index < -0.39 is 0 Å². The minimum atomic E-state index is -0.172. The number of carbonyl (C=O) groups is 1. The fourth-order valence-corrected chi connectivity index (χ4v) is 2.46. The van der Waals surface area contributed by atoms with Crippen molar-refractivity contribution in [2.75, 3.05) is 18.5 Å². The summed E-state index contributed by atoms with van der Waals surface area (Å²) in [4.78, 5) is 12.1. The number of aliphatic hydroxyl groups excluding tert-OH is 1. The average Bonchev–Trinajstić information content (AvgIpc) is 2.45. The standard InChI is InChI=1S/C17H21NO3/c1-13-9-14(5-4-7-19)11-15(10-13)18-17(20)12-16-6-2-3-8-21-16/h9-11,16,19H,2-3,6-8,12H2,1H3,(H,18,20). The fourth-order valence-electron chi connectivity index (χ4n) is 2.46. The molecule has 0 spiro atoms. The summed E-state index contributed by atoms with van der Waals surface area (Å²) < 4.78 is 5.58. The molecule has 0 aliphatic carbocycles. The number of aryl methyl sites for hydroxylation is 1. The zero-order valence-electron chi connectivity index (χ0n) is 12.3. The van der Waals surface area contributed by atoms with E-state index in [0.717, 1.165) is 42.7 Å². The Morgan fingerprint density at radius 1 is 1.43 bits per heavy atom. The lowest BCUT2D eigenvalue weighted by molar-refractivity contribution is -0.119. The molecule has 1 amide bonds. The molecule has 21 heavy (non-hydrogen) atoms. The number of hydrogen-bond acceptors (Lipinski definition) is 3. The van der Waals surface area contributed by atoms with Gasteiger partial charge in [0.1, 0.15) is 6.61 Å². The van der Waals surface area contributed by atoms with E-state index in [1.165, 1.54) is 0 Å². The quantitative estimate of drug-likeness (QED) is 0.838. The summed E-state index contributed by atoms with van der Waals surface area (Å²) in [6.07, 6.45) is 3.60. The number of anilines is 1. The van der Waals surface area contributed by atoms with Gasteiger partial charge in [0.2, 0.25) is 5.91 Å². The highest BCUT2D eigenvalue weighted by Crippen LogP contribution is 2.18. The first-order chi connectivity index (χ1) is 10.2. The Bertz CT molecular complexity index is 551. The number of hydrogen-bond donors (Lipinski definition) is 2. The van der Waals surface area contributed by atoms with Crippen LogP contribution >= 0.6 is 0 Å². The molecule has 1 fully saturated rings. The maximum absolute atomic E-state index is 12.1. The monoisotopic (exact) mass is 287 g/mol. The topological polar surface area (TPSA) is 58.6 Å². The summed E-state index contributed by atoms with van der Waals surface area (Å²) in [5, 5.41) is 11.6. The molecular formula is C17H21NO3. The molecule has 0 bridgehead atoms. The molecule has 2 N–H and O–H groups in total. The fraction of sp³-hybridized carbons (Fsp3) is 0.471. The van der Waals surface area contributed by atoms with Gasteiger partial charge in [0.05, 0.1) is 12.5 Å². The van der Waals surface area contributed by atoms with Gasteiger partial charge in [0.25, 0.3) is 0 Å². The van der Waals surface area contributed by atoms with Gasteiger partial charge in [-0.05, 0) is 49.9 Å². The molecule has 0 aromatic heterocycles. The van der Waals surface area contributed by atoms with Gasteiger partial charge in [0, 0.05) is 17.9 Å². The first-order valence-electron chi connectivity index (χ1n) is 7.30. The average molecular weight is 287 g/mol. The number of nitrogens with one attached hydrogen (secondary N) is 1. The Morgan fingerprint density at radius 3 is 3.00 bits per heavy atom. The van der Waals surface area contributed by atoms with Crippen molar-refractivity contribution in [3.63, 3.8) is 0 Å². The largest absolute Gasteiger partial charge is 0.384 e. The summed E-state index contributed by atoms with van der Waals surface area (Å²) in [7, 11) is 0. The predicted molar refractivity (Wildman–Crippen MR) is 82.0 cm³/mol. The molecule has 1 unspecified atom stereocenters. The van der Waals surface area contributed by atoms with Crippen LogP contribution in [0.25, 0.3) is 0 Å². The van der Waals surface area contributed by atoms with Crippen molar-refractivity contribution < 1.29 is 14.6 Å². The molecular weight excluding hydrogens is 266 g/mol. The molecule has 4 heteroatoms. The number of ether oxygens (including phenoxy) is 1. The Morgan fingerprint density at radius 2 is 2.29 bits per heavy atom. The molecule has 1 atom stereocenters. The predicted octanol–water partition coefficient (Wildman–Crippen LogP) is 2.24. The van der Waals surface area contributed by atoms with E-state index in [2.05, 4.69) is 17.2 Å². The smallest absolute Gasteiger partial charge is 0.226 e. The second kappa shape index (κ2) is 7.82. The van der Waals surface area contributed by atoms with E-state index in [1.807, 2.05) is 25.1 Å². The molecule has 1 aromatic rings. The highest BCUT2D eigenvalue weighted by atomic mass is 16.5. The van der Waals surface area contributed by atoms with Crippen molar-refractivity contribution >= 4 is 11.6 Å². The Kier molecular flexibility index (Phi) is 5.79. The van der Waals surface area contributed by atoms with Gasteiger partial charge in [-0.1, -0.05) is 11.8 Å². The molecule has 112 valence electrons. The molecule has 1 aliphatic heterocycles. The van der Waals surface area contributed by atoms with Gasteiger partial charge < -0.3 is 15.2 Å². The van der Waals surface area contributed by atoms with Gasteiger partial charge >= 0.3 is 0 Å². The van der Waals surface area contributed by atoms with Gasteiger partial charge in [0.15, 0.2) is 0 Å². The SMILES string of the molecule is Cc1cc(C#CCO)cc(NC(=O)CC2CCCCO2)c1. The normalized spacial score (nSPS) is 17.7. The molecule has 1 heterocycles. The maximum Gasteiger partial charge on any atom is 0.226 e. The van der Waals surface area contributed by atoms with Crippen molar-refractivity contribution in [2.45, 2.75) is 38.7 Å². The van der Waals surface area contributed by atoms with Crippen molar-refractivity contribution in [1.82, 2.24) is 0 Å². The lowest BCUT2D eigenvalue weighted by Crippen LogP contribution is -2.25. The molecule has 2 rings (SSSR count). The first-order valence-corrected chi connectivity index (χ1v) is 7.30. The van der Waals surface area contributed by atoms with Crippen molar-refractivity contribution in [3.8, 4) is 11.8 Å². The van der Waals surface area contributed by atoms with Crippen LogP contribution in [0.5, 0.6) is 0 Å². The number of benzene rings is 1. The van der Waals surface area contributed by atoms with Gasteiger partial charge in [-0.25, -0.2) is 0 Å². The van der Waals surface area contributed by atoms with Crippen LogP contribution in [0.15, 0.2) is 18.2 Å². The zero-order valence-corrected chi connectivity index (χ0v) is 12.3. The molecule has 1 aliphatic rings. The second-order valence-corrected chi connectivity index (χ2v) is 5.29. The minimum absolute atomic E-state index is 0.0337. The van der Waals surface area contributed by atoms with E-state index in [0.29, 0.717) is 6.42 Å². The third-order valence-corrected chi connectivity index (χ3v) is 3.36. The number of rotatable bonds is 3. The summed E-state index contributed by atoms with van der Waals surface area (Å²) in [5.74, 6) is 5.43. The van der Waals surface area contributed by atoms with Crippen molar-refractivity contribution in [1.29, 1.82) is 0 Å². The Balaban J connectivity index is 1.97. The first kappa shape index (κ1) is 15.6. The zero-order chi connectivity index (χ0) is 15.1. The summed E-state index contributed by atoms with van der Waals surface area (Å²) in [6, 6.07) is 5.64. The highest BCUT2D eigenvalue weighted by molar-refractivity contribution is 5.91. The maximum atomic E-state index is 12.1. The van der Waals surface area contributed by atoms with Crippen LogP contribution in [0.3, 0.4) is 0 Å². The number of aliphatic hydroxyl groups is 1. The molecule has 4 nitrogen and oxygen atoms in total. The highest BCUT2D eigenvalue weighted by Gasteiger charge is 2.17. The van der Waals surface area contributed by atoms with Crippen LogP contribution in [0.2, 0.25) is 0 Å². The summed E-state index contributed by atoms with van der Waals surface area (Å²) in [6.45, 7) is 2.53. The van der Waals surface area contributed by atoms with E-state index in [9.17, 15) is 4.79 Å². The lowest BCUT2D eigenvalue weighted by Gasteiger charge is -2.22. The third kappa shape index (κ3) is 5.22. The van der Waals surface area contributed by atoms with E-state index in [-0.39, 0.29) is 18.6 Å². The van der Waals surface area contributed by atoms with Crippen molar-refractivity contribution in [2.24, 2.45) is 0 Å². The molecule has 1 saturated heterocycles. The number of amides is 1. The van der Waals surface area contributed by atoms with E-state index in [1.54, 1.807) is 0 Å². The second-order valence-electron chi connectivity index (χ2n) is 5.29. The Labute approximate surface area is 125 Å². The summed E-state index contributed by atoms with van der Waals surface area (Å²) >= 11 is 0. The minimum Gasteiger partial charge on any atom is -0.384 e. The van der Waals surface area contributed by atoms with Gasteiger partial charge in [-0.15, -0.1) is 0 Å². The molecule has 0 radical (unpaired) electrons. The Hall–Kier alpha value is -1.83.